The molecule has 2 aromatic carbocycles. The number of allylic oxidation sites excluding steroid dienone is 2. The predicted molar refractivity (Wildman–Crippen MR) is 110 cm³/mol. The van der Waals surface area contributed by atoms with Crippen LogP contribution >= 0.6 is 0 Å². The Balaban J connectivity index is 1.48. The molecule has 4 atom stereocenters. The molecular formula is C23H22N2O4. The van der Waals surface area contributed by atoms with Gasteiger partial charge in [-0.2, -0.15) is 0 Å². The molecule has 2 bridgehead atoms. The summed E-state index contributed by atoms with van der Waals surface area (Å²) in [4.78, 5) is 36.6. The highest BCUT2D eigenvalue weighted by Gasteiger charge is 2.48. The van der Waals surface area contributed by atoms with Crippen molar-refractivity contribution in [3.05, 3.63) is 66.2 Å². The number of hydrogen-bond acceptors (Lipinski definition) is 4. The quantitative estimate of drug-likeness (QED) is 0.584. The first-order valence-corrected chi connectivity index (χ1v) is 9.59. The maximum Gasteiger partial charge on any atom is 0.255 e. The molecule has 0 heterocycles. The molecule has 4 unspecified atom stereocenters. The second kappa shape index (κ2) is 7.91. The monoisotopic (exact) mass is 390 g/mol. The molecule has 2 aliphatic carbocycles. The van der Waals surface area contributed by atoms with Crippen molar-refractivity contribution in [3.8, 4) is 5.75 Å². The minimum absolute atomic E-state index is 0.113. The van der Waals surface area contributed by atoms with Crippen LogP contribution < -0.4 is 15.4 Å². The Kier molecular flexibility index (Phi) is 5.16. The highest BCUT2D eigenvalue weighted by atomic mass is 16.5. The van der Waals surface area contributed by atoms with Gasteiger partial charge in [-0.25, -0.2) is 0 Å². The number of nitrogens with one attached hydrogen (secondary N) is 2. The topological polar surface area (TPSA) is 84.5 Å². The second-order valence-corrected chi connectivity index (χ2v) is 7.41. The summed E-state index contributed by atoms with van der Waals surface area (Å²) < 4.78 is 5.39. The third kappa shape index (κ3) is 3.66. The van der Waals surface area contributed by atoms with Gasteiger partial charge in [0.2, 0.25) is 5.91 Å². The van der Waals surface area contributed by atoms with Crippen LogP contribution in [0.15, 0.2) is 60.7 Å². The normalized spacial score (nSPS) is 24.2. The van der Waals surface area contributed by atoms with E-state index in [1.807, 2.05) is 18.2 Å². The lowest BCUT2D eigenvalue weighted by Crippen LogP contribution is -2.33. The third-order valence-corrected chi connectivity index (χ3v) is 5.73. The van der Waals surface area contributed by atoms with Crippen LogP contribution in [0.5, 0.6) is 5.75 Å². The first kappa shape index (κ1) is 18.9. The van der Waals surface area contributed by atoms with Gasteiger partial charge in [0, 0.05) is 23.2 Å². The number of methoxy groups -OCH3 is 1. The number of carbonyl (C=O) groups is 3. The van der Waals surface area contributed by atoms with Crippen molar-refractivity contribution in [2.75, 3.05) is 17.7 Å². The highest BCUT2D eigenvalue weighted by Crippen LogP contribution is 2.47. The van der Waals surface area contributed by atoms with Crippen molar-refractivity contribution in [2.24, 2.45) is 23.7 Å². The van der Waals surface area contributed by atoms with Gasteiger partial charge in [-0.05, 0) is 42.5 Å². The van der Waals surface area contributed by atoms with Gasteiger partial charge in [0.1, 0.15) is 12.0 Å². The summed E-state index contributed by atoms with van der Waals surface area (Å²) >= 11 is 0. The Morgan fingerprint density at radius 1 is 1.03 bits per heavy atom. The van der Waals surface area contributed by atoms with Gasteiger partial charge in [0.15, 0.2) is 0 Å². The van der Waals surface area contributed by atoms with Crippen molar-refractivity contribution in [3.63, 3.8) is 0 Å². The van der Waals surface area contributed by atoms with Crippen LogP contribution in [0.25, 0.3) is 0 Å². The summed E-state index contributed by atoms with van der Waals surface area (Å²) in [5.74, 6) is -0.306. The zero-order valence-electron chi connectivity index (χ0n) is 16.0. The number of fused-ring (bicyclic) bond motifs is 2. The molecule has 0 radical (unpaired) electrons. The zero-order chi connectivity index (χ0) is 20.4. The van der Waals surface area contributed by atoms with Crippen LogP contribution in [0.2, 0.25) is 0 Å². The lowest BCUT2D eigenvalue weighted by Gasteiger charge is -2.23. The van der Waals surface area contributed by atoms with Gasteiger partial charge in [-0.3, -0.25) is 9.59 Å². The van der Waals surface area contributed by atoms with Gasteiger partial charge in [0.25, 0.3) is 5.91 Å². The lowest BCUT2D eigenvalue weighted by molar-refractivity contribution is -0.125. The number of aldehydes is 1. The predicted octanol–water partition coefficient (Wildman–Crippen LogP) is 3.52. The van der Waals surface area contributed by atoms with E-state index in [-0.39, 0.29) is 35.5 Å². The fourth-order valence-corrected chi connectivity index (χ4v) is 4.30. The van der Waals surface area contributed by atoms with E-state index in [2.05, 4.69) is 10.6 Å². The Morgan fingerprint density at radius 3 is 2.52 bits per heavy atom. The van der Waals surface area contributed by atoms with Gasteiger partial charge in [-0.15, -0.1) is 0 Å². The summed E-state index contributed by atoms with van der Waals surface area (Å²) in [5, 5.41) is 5.72. The number of amides is 2. The Hall–Kier alpha value is -3.41. The molecule has 148 valence electrons. The van der Waals surface area contributed by atoms with Crippen LogP contribution in [-0.2, 0) is 9.59 Å². The van der Waals surface area contributed by atoms with E-state index in [1.165, 1.54) is 7.11 Å². The SMILES string of the molecule is COc1cc(NC(=O)C2C3C=CC(C3)C2C=O)ccc1NC(=O)c1ccccc1. The summed E-state index contributed by atoms with van der Waals surface area (Å²) in [7, 11) is 1.50. The molecule has 0 saturated heterocycles. The van der Waals surface area contributed by atoms with E-state index in [0.717, 1.165) is 12.7 Å². The van der Waals surface area contributed by atoms with Gasteiger partial charge in [-0.1, -0.05) is 30.4 Å². The molecular weight excluding hydrogens is 368 g/mol. The summed E-state index contributed by atoms with van der Waals surface area (Å²) in [6, 6.07) is 13.9. The number of rotatable bonds is 6. The lowest BCUT2D eigenvalue weighted by atomic mass is 9.83. The number of ether oxygens (including phenoxy) is 1. The molecule has 1 fully saturated rings. The van der Waals surface area contributed by atoms with Crippen molar-refractivity contribution in [1.29, 1.82) is 0 Å². The van der Waals surface area contributed by atoms with Gasteiger partial charge >= 0.3 is 0 Å². The third-order valence-electron chi connectivity index (χ3n) is 5.73. The first-order chi connectivity index (χ1) is 14.1. The minimum Gasteiger partial charge on any atom is -0.494 e. The fraction of sp³-hybridized carbons (Fsp3) is 0.261. The molecule has 2 aliphatic rings. The van der Waals surface area contributed by atoms with E-state index in [1.54, 1.807) is 42.5 Å². The van der Waals surface area contributed by atoms with Crippen molar-refractivity contribution < 1.29 is 19.1 Å². The van der Waals surface area contributed by atoms with Crippen LogP contribution in [0, 0.1) is 23.7 Å². The van der Waals surface area contributed by atoms with E-state index in [0.29, 0.717) is 22.7 Å². The van der Waals surface area contributed by atoms with E-state index in [9.17, 15) is 14.4 Å². The van der Waals surface area contributed by atoms with Crippen LogP contribution in [0.3, 0.4) is 0 Å². The van der Waals surface area contributed by atoms with E-state index < -0.39 is 0 Å². The second-order valence-electron chi connectivity index (χ2n) is 7.41. The molecule has 2 amide bonds. The number of benzene rings is 2. The molecule has 2 N–H and O–H groups in total. The highest BCUT2D eigenvalue weighted by molar-refractivity contribution is 6.05. The molecule has 0 spiro atoms. The first-order valence-electron chi connectivity index (χ1n) is 9.59. The molecule has 0 aromatic heterocycles. The molecule has 2 aromatic rings. The summed E-state index contributed by atoms with van der Waals surface area (Å²) in [6.07, 6.45) is 5.84. The summed E-state index contributed by atoms with van der Waals surface area (Å²) in [5.41, 5.74) is 1.60. The number of anilines is 2. The van der Waals surface area contributed by atoms with Crippen LogP contribution in [0.4, 0.5) is 11.4 Å². The Morgan fingerprint density at radius 2 is 1.79 bits per heavy atom. The maximum absolute atomic E-state index is 12.8. The minimum atomic E-state index is -0.342. The Labute approximate surface area is 168 Å². The molecule has 29 heavy (non-hydrogen) atoms. The summed E-state index contributed by atoms with van der Waals surface area (Å²) in [6.45, 7) is 0. The molecule has 1 saturated carbocycles. The zero-order valence-corrected chi connectivity index (χ0v) is 16.0. The van der Waals surface area contributed by atoms with Crippen LogP contribution in [-0.4, -0.2) is 25.2 Å². The molecule has 6 nitrogen and oxygen atoms in total. The Bertz CT molecular complexity index is 970. The number of carbonyl (C=O) groups excluding carboxylic acids is 3. The van der Waals surface area contributed by atoms with Crippen molar-refractivity contribution in [2.45, 2.75) is 6.42 Å². The fourth-order valence-electron chi connectivity index (χ4n) is 4.30. The maximum atomic E-state index is 12.8. The van der Waals surface area contributed by atoms with E-state index >= 15 is 0 Å². The number of hydrogen-bond donors (Lipinski definition) is 2. The van der Waals surface area contributed by atoms with Gasteiger partial charge < -0.3 is 20.2 Å². The molecule has 6 heteroatoms. The van der Waals surface area contributed by atoms with Gasteiger partial charge in [0.05, 0.1) is 18.7 Å². The van der Waals surface area contributed by atoms with Crippen LogP contribution in [0.1, 0.15) is 16.8 Å². The standard InChI is InChI=1S/C23H22N2O4/c1-29-20-12-17(9-10-19(20)25-22(27)14-5-3-2-4-6-14)24-23(28)21-16-8-7-15(11-16)18(21)13-26/h2-10,12-13,15-16,18,21H,11H2,1H3,(H,24,28)(H,25,27). The van der Waals surface area contributed by atoms with E-state index in [4.69, 9.17) is 4.74 Å². The average molecular weight is 390 g/mol. The van der Waals surface area contributed by atoms with Crippen molar-refractivity contribution >= 4 is 29.5 Å². The van der Waals surface area contributed by atoms with Crippen molar-refractivity contribution in [1.82, 2.24) is 0 Å². The smallest absolute Gasteiger partial charge is 0.255 e. The molecule has 0 aliphatic heterocycles. The average Bonchev–Trinajstić information content (AvgIpc) is 3.36. The largest absolute Gasteiger partial charge is 0.494 e. The molecule has 4 rings (SSSR count).